The van der Waals surface area contributed by atoms with Gasteiger partial charge in [0.2, 0.25) is 5.88 Å². The van der Waals surface area contributed by atoms with E-state index < -0.39 is 16.5 Å². The van der Waals surface area contributed by atoms with Gasteiger partial charge in [-0.15, -0.1) is 0 Å². The third kappa shape index (κ3) is 2.69. The standard InChI is InChI=1S/C14H13N3O5/c1-14(9-3-5-10(6-4-9)17(19)20)8-16-12(22-14)11(7-15)13(18)21-2/h3-6,16H,8H2,1-2H3/b12-11-. The summed E-state index contributed by atoms with van der Waals surface area (Å²) < 4.78 is 10.2. The van der Waals surface area contributed by atoms with Crippen LogP contribution in [0, 0.1) is 21.4 Å². The molecule has 8 heteroatoms. The number of non-ortho nitro benzene ring substituents is 1. The SMILES string of the molecule is COC(=O)/C(C#N)=C1/NCC(C)(c2ccc([N+](=O)[O-])cc2)O1. The molecule has 0 radical (unpaired) electrons. The summed E-state index contributed by atoms with van der Waals surface area (Å²) in [5, 5.41) is 22.5. The Labute approximate surface area is 126 Å². The zero-order chi connectivity index (χ0) is 16.3. The maximum atomic E-state index is 11.5. The average molecular weight is 303 g/mol. The number of methoxy groups -OCH3 is 1. The predicted octanol–water partition coefficient (Wildman–Crippen LogP) is 1.34. The van der Waals surface area contributed by atoms with E-state index in [0.717, 1.165) is 0 Å². The van der Waals surface area contributed by atoms with Gasteiger partial charge in [-0.2, -0.15) is 5.26 Å². The molecule has 0 aliphatic carbocycles. The number of nitro groups is 1. The van der Waals surface area contributed by atoms with Crippen molar-refractivity contribution in [3.8, 4) is 6.07 Å². The molecular formula is C14H13N3O5. The zero-order valence-corrected chi connectivity index (χ0v) is 12.0. The van der Waals surface area contributed by atoms with Crippen LogP contribution in [0.5, 0.6) is 0 Å². The predicted molar refractivity (Wildman–Crippen MR) is 74.2 cm³/mol. The summed E-state index contributed by atoms with van der Waals surface area (Å²) in [4.78, 5) is 21.7. The highest BCUT2D eigenvalue weighted by atomic mass is 16.6. The summed E-state index contributed by atoms with van der Waals surface area (Å²) in [7, 11) is 1.17. The molecule has 1 saturated heterocycles. The molecule has 1 aliphatic heterocycles. The minimum atomic E-state index is -0.847. The van der Waals surface area contributed by atoms with Crippen molar-refractivity contribution in [3.05, 3.63) is 51.4 Å². The molecule has 0 saturated carbocycles. The molecule has 1 aromatic carbocycles. The lowest BCUT2D eigenvalue weighted by molar-refractivity contribution is -0.384. The number of hydrogen-bond acceptors (Lipinski definition) is 7. The number of rotatable bonds is 3. The van der Waals surface area contributed by atoms with Crippen LogP contribution >= 0.6 is 0 Å². The molecule has 1 heterocycles. The van der Waals surface area contributed by atoms with Crippen LogP contribution in [0.25, 0.3) is 0 Å². The van der Waals surface area contributed by atoms with Crippen molar-refractivity contribution in [1.29, 1.82) is 5.26 Å². The van der Waals surface area contributed by atoms with Gasteiger partial charge in [-0.25, -0.2) is 4.79 Å². The Morgan fingerprint density at radius 2 is 2.14 bits per heavy atom. The van der Waals surface area contributed by atoms with Crippen LogP contribution in [0.15, 0.2) is 35.7 Å². The van der Waals surface area contributed by atoms with Crippen LogP contribution < -0.4 is 5.32 Å². The lowest BCUT2D eigenvalue weighted by Crippen LogP contribution is -2.26. The summed E-state index contributed by atoms with van der Waals surface area (Å²) >= 11 is 0. The number of carbonyl (C=O) groups excluding carboxylic acids is 1. The van der Waals surface area contributed by atoms with E-state index in [1.165, 1.54) is 19.2 Å². The fraction of sp³-hybridized carbons (Fsp3) is 0.286. The fourth-order valence-corrected chi connectivity index (χ4v) is 2.07. The largest absolute Gasteiger partial charge is 0.465 e. The number of nitro benzene ring substituents is 1. The van der Waals surface area contributed by atoms with Gasteiger partial charge in [-0.05, 0) is 24.6 Å². The highest BCUT2D eigenvalue weighted by Crippen LogP contribution is 2.33. The van der Waals surface area contributed by atoms with Crippen LogP contribution in [0.3, 0.4) is 0 Å². The molecule has 0 aromatic heterocycles. The van der Waals surface area contributed by atoms with Crippen molar-refractivity contribution in [2.45, 2.75) is 12.5 Å². The molecular weight excluding hydrogens is 290 g/mol. The molecule has 1 N–H and O–H groups in total. The van der Waals surface area contributed by atoms with Crippen molar-refractivity contribution in [3.63, 3.8) is 0 Å². The lowest BCUT2D eigenvalue weighted by Gasteiger charge is -2.22. The van der Waals surface area contributed by atoms with Crippen LogP contribution in [0.2, 0.25) is 0 Å². The summed E-state index contributed by atoms with van der Waals surface area (Å²) in [6, 6.07) is 7.63. The van der Waals surface area contributed by atoms with Gasteiger partial charge in [0.1, 0.15) is 6.07 Å². The van der Waals surface area contributed by atoms with Crippen molar-refractivity contribution in [2.24, 2.45) is 0 Å². The molecule has 1 aromatic rings. The maximum absolute atomic E-state index is 11.5. The quantitative estimate of drug-likeness (QED) is 0.294. The Morgan fingerprint density at radius 3 is 2.64 bits per heavy atom. The molecule has 0 spiro atoms. The maximum Gasteiger partial charge on any atom is 0.354 e. The second-order valence-corrected chi connectivity index (χ2v) is 4.80. The van der Waals surface area contributed by atoms with E-state index in [0.29, 0.717) is 12.1 Å². The van der Waals surface area contributed by atoms with Crippen molar-refractivity contribution < 1.29 is 19.2 Å². The zero-order valence-electron chi connectivity index (χ0n) is 12.0. The van der Waals surface area contributed by atoms with Gasteiger partial charge < -0.3 is 14.8 Å². The van der Waals surface area contributed by atoms with Gasteiger partial charge in [-0.3, -0.25) is 10.1 Å². The molecule has 1 unspecified atom stereocenters. The number of nitriles is 1. The van der Waals surface area contributed by atoms with Gasteiger partial charge in [0.15, 0.2) is 11.2 Å². The Morgan fingerprint density at radius 1 is 1.50 bits per heavy atom. The number of hydrogen-bond donors (Lipinski definition) is 1. The topological polar surface area (TPSA) is 114 Å². The van der Waals surface area contributed by atoms with Crippen molar-refractivity contribution in [1.82, 2.24) is 5.32 Å². The minimum Gasteiger partial charge on any atom is -0.465 e. The number of nitrogens with one attached hydrogen (secondary N) is 1. The molecule has 22 heavy (non-hydrogen) atoms. The average Bonchev–Trinajstić information content (AvgIpc) is 2.91. The van der Waals surface area contributed by atoms with E-state index in [1.54, 1.807) is 25.1 Å². The van der Waals surface area contributed by atoms with Gasteiger partial charge >= 0.3 is 5.97 Å². The molecule has 0 bridgehead atoms. The Bertz CT molecular complexity index is 689. The molecule has 1 aliphatic rings. The Hall–Kier alpha value is -3.08. The van der Waals surface area contributed by atoms with Gasteiger partial charge in [-0.1, -0.05) is 0 Å². The van der Waals surface area contributed by atoms with Crippen LogP contribution in [0.4, 0.5) is 5.69 Å². The second-order valence-electron chi connectivity index (χ2n) is 4.80. The van der Waals surface area contributed by atoms with E-state index >= 15 is 0 Å². The lowest BCUT2D eigenvalue weighted by atomic mass is 9.96. The highest BCUT2D eigenvalue weighted by molar-refractivity contribution is 5.93. The molecule has 2 rings (SSSR count). The fourth-order valence-electron chi connectivity index (χ4n) is 2.07. The smallest absolute Gasteiger partial charge is 0.354 e. The third-order valence-corrected chi connectivity index (χ3v) is 3.33. The van der Waals surface area contributed by atoms with Crippen LogP contribution in [-0.2, 0) is 19.9 Å². The second kappa shape index (κ2) is 5.73. The van der Waals surface area contributed by atoms with E-state index in [-0.39, 0.29) is 17.1 Å². The molecule has 0 amide bonds. The number of nitrogens with zero attached hydrogens (tertiary/aromatic N) is 2. The van der Waals surface area contributed by atoms with E-state index in [2.05, 4.69) is 10.1 Å². The molecule has 8 nitrogen and oxygen atoms in total. The van der Waals surface area contributed by atoms with E-state index in [4.69, 9.17) is 10.00 Å². The van der Waals surface area contributed by atoms with Gasteiger partial charge in [0, 0.05) is 12.1 Å². The monoisotopic (exact) mass is 303 g/mol. The minimum absolute atomic E-state index is 0.0265. The Kier molecular flexibility index (Phi) is 3.99. The first kappa shape index (κ1) is 15.3. The Balaban J connectivity index is 2.30. The number of carbonyl (C=O) groups is 1. The summed E-state index contributed by atoms with van der Waals surface area (Å²) in [6.07, 6.45) is 0. The third-order valence-electron chi connectivity index (χ3n) is 3.33. The van der Waals surface area contributed by atoms with Crippen molar-refractivity contribution in [2.75, 3.05) is 13.7 Å². The summed E-state index contributed by atoms with van der Waals surface area (Å²) in [5.74, 6) is -0.756. The van der Waals surface area contributed by atoms with Crippen molar-refractivity contribution >= 4 is 11.7 Å². The number of ether oxygens (including phenoxy) is 2. The van der Waals surface area contributed by atoms with Gasteiger partial charge in [0.25, 0.3) is 5.69 Å². The van der Waals surface area contributed by atoms with Crippen LogP contribution in [-0.4, -0.2) is 24.5 Å². The van der Waals surface area contributed by atoms with Gasteiger partial charge in [0.05, 0.1) is 18.6 Å². The molecule has 1 atom stereocenters. The van der Waals surface area contributed by atoms with Crippen LogP contribution in [0.1, 0.15) is 12.5 Å². The highest BCUT2D eigenvalue weighted by Gasteiger charge is 2.38. The summed E-state index contributed by atoms with van der Waals surface area (Å²) in [5.41, 5.74) is -0.446. The summed E-state index contributed by atoms with van der Waals surface area (Å²) in [6.45, 7) is 2.06. The normalized spacial score (nSPS) is 22.0. The number of benzene rings is 1. The molecule has 1 fully saturated rings. The molecule has 114 valence electrons. The van der Waals surface area contributed by atoms with E-state index in [9.17, 15) is 14.9 Å². The first-order valence-corrected chi connectivity index (χ1v) is 6.32. The first-order valence-electron chi connectivity index (χ1n) is 6.32. The van der Waals surface area contributed by atoms with E-state index in [1.807, 2.05) is 0 Å². The number of esters is 1. The first-order chi connectivity index (χ1) is 10.4.